The summed E-state index contributed by atoms with van der Waals surface area (Å²) in [5.74, 6) is 0.106. The Morgan fingerprint density at radius 2 is 1.94 bits per heavy atom. The second kappa shape index (κ2) is 6.36. The summed E-state index contributed by atoms with van der Waals surface area (Å²) in [4.78, 5) is 14.3. The zero-order valence-corrected chi connectivity index (χ0v) is 11.6. The fourth-order valence-electron chi connectivity index (χ4n) is 2.64. The molecule has 0 aliphatic carbocycles. The Morgan fingerprint density at radius 1 is 1.41 bits per heavy atom. The Balaban J connectivity index is 2.45. The third-order valence-electron chi connectivity index (χ3n) is 3.91. The van der Waals surface area contributed by atoms with Gasteiger partial charge in [-0.15, -0.1) is 0 Å². The standard InChI is InChI=1S/C13H27N3O/c1-5-12(14)8-15-13(17)11(4)16-9(2)6-7-10(16)3/h9-12H,5-8,14H2,1-4H3,(H,15,17). The second-order valence-electron chi connectivity index (χ2n) is 5.31. The van der Waals surface area contributed by atoms with Gasteiger partial charge in [-0.3, -0.25) is 9.69 Å². The Morgan fingerprint density at radius 3 is 2.41 bits per heavy atom. The summed E-state index contributed by atoms with van der Waals surface area (Å²) in [6.07, 6.45) is 3.27. The highest BCUT2D eigenvalue weighted by Gasteiger charge is 2.34. The predicted octanol–water partition coefficient (Wildman–Crippen LogP) is 1.10. The lowest BCUT2D eigenvalue weighted by Crippen LogP contribution is -2.50. The van der Waals surface area contributed by atoms with E-state index in [9.17, 15) is 4.79 Å². The number of nitrogens with zero attached hydrogens (tertiary/aromatic N) is 1. The van der Waals surface area contributed by atoms with Crippen LogP contribution in [0.2, 0.25) is 0 Å². The quantitative estimate of drug-likeness (QED) is 0.758. The molecular weight excluding hydrogens is 214 g/mol. The zero-order valence-electron chi connectivity index (χ0n) is 11.6. The third-order valence-corrected chi connectivity index (χ3v) is 3.91. The van der Waals surface area contributed by atoms with Crippen molar-refractivity contribution in [3.8, 4) is 0 Å². The van der Waals surface area contributed by atoms with Crippen LogP contribution in [0.4, 0.5) is 0 Å². The predicted molar refractivity (Wildman–Crippen MR) is 70.7 cm³/mol. The van der Waals surface area contributed by atoms with Crippen LogP contribution < -0.4 is 11.1 Å². The zero-order chi connectivity index (χ0) is 13.0. The molecule has 1 heterocycles. The van der Waals surface area contributed by atoms with Crippen LogP contribution in [0.3, 0.4) is 0 Å². The lowest BCUT2D eigenvalue weighted by molar-refractivity contribution is -0.126. The van der Waals surface area contributed by atoms with Crippen molar-refractivity contribution in [3.63, 3.8) is 0 Å². The van der Waals surface area contributed by atoms with Crippen molar-refractivity contribution in [1.29, 1.82) is 0 Å². The summed E-state index contributed by atoms with van der Waals surface area (Å²) in [6.45, 7) is 9.00. The number of carbonyl (C=O) groups excluding carboxylic acids is 1. The molecule has 4 atom stereocenters. The number of hydrogen-bond acceptors (Lipinski definition) is 3. The van der Waals surface area contributed by atoms with Gasteiger partial charge in [0.2, 0.25) is 5.91 Å². The third kappa shape index (κ3) is 3.68. The number of amides is 1. The van der Waals surface area contributed by atoms with E-state index < -0.39 is 0 Å². The van der Waals surface area contributed by atoms with Crippen LogP contribution in [0.1, 0.15) is 47.0 Å². The molecule has 0 bridgehead atoms. The van der Waals surface area contributed by atoms with Crippen molar-refractivity contribution < 1.29 is 4.79 Å². The molecular formula is C13H27N3O. The summed E-state index contributed by atoms with van der Waals surface area (Å²) >= 11 is 0. The largest absolute Gasteiger partial charge is 0.353 e. The molecule has 0 aromatic rings. The van der Waals surface area contributed by atoms with E-state index in [1.54, 1.807) is 0 Å². The van der Waals surface area contributed by atoms with Crippen LogP contribution in [0, 0.1) is 0 Å². The Bertz CT molecular complexity index is 247. The lowest BCUT2D eigenvalue weighted by Gasteiger charge is -2.31. The van der Waals surface area contributed by atoms with Gasteiger partial charge in [0.15, 0.2) is 0 Å². The normalized spacial score (nSPS) is 29.0. The summed E-state index contributed by atoms with van der Waals surface area (Å²) in [5.41, 5.74) is 5.80. The van der Waals surface area contributed by atoms with Crippen LogP contribution in [0.5, 0.6) is 0 Å². The number of rotatable bonds is 5. The first-order valence-electron chi connectivity index (χ1n) is 6.78. The average molecular weight is 241 g/mol. The van der Waals surface area contributed by atoms with Gasteiger partial charge in [-0.2, -0.15) is 0 Å². The van der Waals surface area contributed by atoms with Crippen molar-refractivity contribution in [2.24, 2.45) is 5.73 Å². The number of carbonyl (C=O) groups is 1. The fraction of sp³-hybridized carbons (Fsp3) is 0.923. The lowest BCUT2D eigenvalue weighted by atomic mass is 10.2. The van der Waals surface area contributed by atoms with Gasteiger partial charge in [-0.25, -0.2) is 0 Å². The SMILES string of the molecule is CCC(N)CNC(=O)C(C)N1C(C)CCC1C. The molecule has 1 aliphatic heterocycles. The molecule has 0 aromatic carbocycles. The van der Waals surface area contributed by atoms with Crippen molar-refractivity contribution in [2.75, 3.05) is 6.54 Å². The maximum absolute atomic E-state index is 12.0. The molecule has 4 heteroatoms. The van der Waals surface area contributed by atoms with Crippen molar-refractivity contribution in [1.82, 2.24) is 10.2 Å². The summed E-state index contributed by atoms with van der Waals surface area (Å²) < 4.78 is 0. The first-order chi connectivity index (χ1) is 7.97. The maximum atomic E-state index is 12.0. The van der Waals surface area contributed by atoms with Crippen LogP contribution >= 0.6 is 0 Å². The second-order valence-corrected chi connectivity index (χ2v) is 5.31. The van der Waals surface area contributed by atoms with Gasteiger partial charge in [0.25, 0.3) is 0 Å². The van der Waals surface area contributed by atoms with Gasteiger partial charge >= 0.3 is 0 Å². The Labute approximate surface area is 105 Å². The van der Waals surface area contributed by atoms with Crippen molar-refractivity contribution in [3.05, 3.63) is 0 Å². The Kier molecular flexibility index (Phi) is 5.40. The number of nitrogens with two attached hydrogens (primary N) is 1. The summed E-state index contributed by atoms with van der Waals surface area (Å²) in [6, 6.07) is 1.03. The van der Waals surface area contributed by atoms with Crippen molar-refractivity contribution in [2.45, 2.75) is 71.1 Å². The van der Waals surface area contributed by atoms with Crippen molar-refractivity contribution >= 4 is 5.91 Å². The van der Waals surface area contributed by atoms with E-state index in [0.29, 0.717) is 18.6 Å². The molecule has 1 amide bonds. The molecule has 100 valence electrons. The molecule has 1 rings (SSSR count). The molecule has 4 nitrogen and oxygen atoms in total. The van der Waals surface area contributed by atoms with Crippen LogP contribution in [-0.2, 0) is 4.79 Å². The van der Waals surface area contributed by atoms with Crippen LogP contribution in [0.15, 0.2) is 0 Å². The fourth-order valence-corrected chi connectivity index (χ4v) is 2.64. The molecule has 1 aliphatic rings. The van der Waals surface area contributed by atoms with Gasteiger partial charge in [0, 0.05) is 24.7 Å². The maximum Gasteiger partial charge on any atom is 0.237 e. The van der Waals surface area contributed by atoms with E-state index in [-0.39, 0.29) is 18.0 Å². The number of hydrogen-bond donors (Lipinski definition) is 2. The van der Waals surface area contributed by atoms with E-state index >= 15 is 0 Å². The Hall–Kier alpha value is -0.610. The first kappa shape index (κ1) is 14.5. The first-order valence-corrected chi connectivity index (χ1v) is 6.78. The van der Waals surface area contributed by atoms with Crippen LogP contribution in [0.25, 0.3) is 0 Å². The van der Waals surface area contributed by atoms with E-state index in [4.69, 9.17) is 5.73 Å². The molecule has 1 fully saturated rings. The smallest absolute Gasteiger partial charge is 0.237 e. The molecule has 0 aromatic heterocycles. The summed E-state index contributed by atoms with van der Waals surface area (Å²) in [7, 11) is 0. The minimum Gasteiger partial charge on any atom is -0.353 e. The minimum absolute atomic E-state index is 0.0495. The molecule has 0 saturated carbocycles. The van der Waals surface area contributed by atoms with Gasteiger partial charge in [-0.1, -0.05) is 6.92 Å². The van der Waals surface area contributed by atoms with E-state index in [0.717, 1.165) is 6.42 Å². The monoisotopic (exact) mass is 241 g/mol. The minimum atomic E-state index is -0.0495. The topological polar surface area (TPSA) is 58.4 Å². The molecule has 0 radical (unpaired) electrons. The van der Waals surface area contributed by atoms with E-state index in [2.05, 4.69) is 24.1 Å². The molecule has 3 N–H and O–H groups in total. The van der Waals surface area contributed by atoms with Gasteiger partial charge < -0.3 is 11.1 Å². The molecule has 1 saturated heterocycles. The number of nitrogens with one attached hydrogen (secondary N) is 1. The highest BCUT2D eigenvalue weighted by Crippen LogP contribution is 2.25. The van der Waals surface area contributed by atoms with Crippen LogP contribution in [-0.4, -0.2) is 41.5 Å². The van der Waals surface area contributed by atoms with Gasteiger partial charge in [-0.05, 0) is 40.0 Å². The number of likely N-dealkylation sites (tertiary alicyclic amines) is 1. The molecule has 0 spiro atoms. The van der Waals surface area contributed by atoms with E-state index in [1.165, 1.54) is 12.8 Å². The molecule has 4 unspecified atom stereocenters. The van der Waals surface area contributed by atoms with Gasteiger partial charge in [0.1, 0.15) is 0 Å². The molecule has 17 heavy (non-hydrogen) atoms. The highest BCUT2D eigenvalue weighted by atomic mass is 16.2. The summed E-state index contributed by atoms with van der Waals surface area (Å²) in [5, 5.41) is 2.95. The van der Waals surface area contributed by atoms with E-state index in [1.807, 2.05) is 13.8 Å². The highest BCUT2D eigenvalue weighted by molar-refractivity contribution is 5.81. The van der Waals surface area contributed by atoms with Gasteiger partial charge in [0.05, 0.1) is 6.04 Å². The average Bonchev–Trinajstić information content (AvgIpc) is 2.64.